The van der Waals surface area contributed by atoms with E-state index < -0.39 is 12.3 Å². The van der Waals surface area contributed by atoms with Crippen LogP contribution in [0, 0.1) is 0 Å². The molecule has 22 heavy (non-hydrogen) atoms. The number of rotatable bonds is 4. The molecule has 0 saturated carbocycles. The highest BCUT2D eigenvalue weighted by molar-refractivity contribution is 6.39. The SMILES string of the molecule is CC(NC(=O)Nc1c(Cl)cccc1Cl)Oc1ccc(Cl)cc1. The Balaban J connectivity index is 1.92. The molecule has 0 spiro atoms. The van der Waals surface area contributed by atoms with Crippen molar-refractivity contribution < 1.29 is 9.53 Å². The maximum Gasteiger partial charge on any atom is 0.322 e. The second-order valence-corrected chi connectivity index (χ2v) is 5.66. The maximum atomic E-state index is 11.9. The van der Waals surface area contributed by atoms with E-state index in [9.17, 15) is 4.79 Å². The standard InChI is InChI=1S/C15H13Cl3N2O2/c1-9(22-11-7-5-10(16)6-8-11)19-15(21)20-14-12(17)3-2-4-13(14)18/h2-9H,1H3,(H2,19,20,21). The van der Waals surface area contributed by atoms with Gasteiger partial charge in [-0.05, 0) is 43.3 Å². The quantitative estimate of drug-likeness (QED) is 0.738. The van der Waals surface area contributed by atoms with Crippen LogP contribution in [0.2, 0.25) is 15.1 Å². The minimum absolute atomic E-state index is 0.349. The Labute approximate surface area is 143 Å². The molecule has 0 heterocycles. The molecule has 0 radical (unpaired) electrons. The van der Waals surface area contributed by atoms with E-state index in [4.69, 9.17) is 39.5 Å². The number of benzene rings is 2. The second-order valence-electron chi connectivity index (χ2n) is 4.41. The van der Waals surface area contributed by atoms with E-state index in [2.05, 4.69) is 10.6 Å². The molecule has 2 aromatic carbocycles. The fourth-order valence-electron chi connectivity index (χ4n) is 1.70. The second kappa shape index (κ2) is 7.58. The fraction of sp³-hybridized carbons (Fsp3) is 0.133. The lowest BCUT2D eigenvalue weighted by Crippen LogP contribution is -2.39. The zero-order valence-electron chi connectivity index (χ0n) is 11.6. The number of anilines is 1. The van der Waals surface area contributed by atoms with Crippen LogP contribution in [0.1, 0.15) is 6.92 Å². The minimum atomic E-state index is -0.553. The van der Waals surface area contributed by atoms with Gasteiger partial charge < -0.3 is 15.4 Å². The van der Waals surface area contributed by atoms with Crippen LogP contribution in [0.3, 0.4) is 0 Å². The molecule has 1 unspecified atom stereocenters. The van der Waals surface area contributed by atoms with Gasteiger partial charge in [-0.2, -0.15) is 0 Å². The molecule has 0 fully saturated rings. The molecule has 0 aliphatic heterocycles. The average molecular weight is 360 g/mol. The number of hydrogen-bond donors (Lipinski definition) is 2. The van der Waals surface area contributed by atoms with Crippen LogP contribution in [0.4, 0.5) is 10.5 Å². The maximum absolute atomic E-state index is 11.9. The smallest absolute Gasteiger partial charge is 0.322 e. The van der Waals surface area contributed by atoms with Gasteiger partial charge in [-0.1, -0.05) is 40.9 Å². The molecule has 7 heteroatoms. The van der Waals surface area contributed by atoms with E-state index in [1.54, 1.807) is 49.4 Å². The van der Waals surface area contributed by atoms with Crippen molar-refractivity contribution in [1.29, 1.82) is 0 Å². The van der Waals surface area contributed by atoms with Gasteiger partial charge in [0.05, 0.1) is 15.7 Å². The number of nitrogens with one attached hydrogen (secondary N) is 2. The number of carbonyl (C=O) groups excluding carboxylic acids is 1. The van der Waals surface area contributed by atoms with E-state index in [0.29, 0.717) is 26.5 Å². The Bertz CT molecular complexity index is 642. The largest absolute Gasteiger partial charge is 0.471 e. The summed E-state index contributed by atoms with van der Waals surface area (Å²) in [6, 6.07) is 11.3. The molecular formula is C15H13Cl3N2O2. The molecule has 0 saturated heterocycles. The number of ether oxygens (including phenoxy) is 1. The summed E-state index contributed by atoms with van der Waals surface area (Å²) in [5.41, 5.74) is 0.349. The lowest BCUT2D eigenvalue weighted by Gasteiger charge is -2.17. The average Bonchev–Trinajstić information content (AvgIpc) is 2.45. The minimum Gasteiger partial charge on any atom is -0.471 e. The molecule has 116 valence electrons. The molecule has 0 aromatic heterocycles. The normalized spacial score (nSPS) is 11.6. The highest BCUT2D eigenvalue weighted by Crippen LogP contribution is 2.29. The Hall–Kier alpha value is -1.62. The van der Waals surface area contributed by atoms with Gasteiger partial charge in [-0.25, -0.2) is 4.79 Å². The van der Waals surface area contributed by atoms with Crippen LogP contribution in [0.15, 0.2) is 42.5 Å². The van der Waals surface area contributed by atoms with Gasteiger partial charge in [0.25, 0.3) is 0 Å². The third-order valence-electron chi connectivity index (χ3n) is 2.66. The first-order valence-electron chi connectivity index (χ1n) is 6.39. The zero-order chi connectivity index (χ0) is 16.1. The zero-order valence-corrected chi connectivity index (χ0v) is 13.8. The number of urea groups is 1. The predicted molar refractivity (Wildman–Crippen MR) is 90.2 cm³/mol. The van der Waals surface area contributed by atoms with Gasteiger partial charge in [0.2, 0.25) is 0 Å². The van der Waals surface area contributed by atoms with E-state index in [-0.39, 0.29) is 0 Å². The molecule has 2 rings (SSSR count). The van der Waals surface area contributed by atoms with Crippen LogP contribution in [0.25, 0.3) is 0 Å². The summed E-state index contributed by atoms with van der Waals surface area (Å²) in [4.78, 5) is 11.9. The molecule has 2 aromatic rings. The predicted octanol–water partition coefficient (Wildman–Crippen LogP) is 5.19. The van der Waals surface area contributed by atoms with Crippen molar-refractivity contribution in [3.05, 3.63) is 57.5 Å². The van der Waals surface area contributed by atoms with E-state index in [1.807, 2.05) is 0 Å². The third kappa shape index (κ3) is 4.70. The van der Waals surface area contributed by atoms with Crippen LogP contribution < -0.4 is 15.4 Å². The van der Waals surface area contributed by atoms with Crippen molar-refractivity contribution in [2.75, 3.05) is 5.32 Å². The Morgan fingerprint density at radius 2 is 1.64 bits per heavy atom. The van der Waals surface area contributed by atoms with E-state index in [0.717, 1.165) is 0 Å². The highest BCUT2D eigenvalue weighted by atomic mass is 35.5. The first-order chi connectivity index (χ1) is 10.5. The topological polar surface area (TPSA) is 50.4 Å². The van der Waals surface area contributed by atoms with Crippen molar-refractivity contribution in [2.24, 2.45) is 0 Å². The number of carbonyl (C=O) groups is 1. The van der Waals surface area contributed by atoms with Gasteiger partial charge in [-0.3, -0.25) is 0 Å². The van der Waals surface area contributed by atoms with Crippen molar-refractivity contribution in [1.82, 2.24) is 5.32 Å². The van der Waals surface area contributed by atoms with E-state index in [1.165, 1.54) is 0 Å². The molecule has 0 aliphatic carbocycles. The highest BCUT2D eigenvalue weighted by Gasteiger charge is 2.12. The van der Waals surface area contributed by atoms with Crippen molar-refractivity contribution in [2.45, 2.75) is 13.2 Å². The lowest BCUT2D eigenvalue weighted by molar-refractivity contribution is 0.183. The first kappa shape index (κ1) is 16.7. The summed E-state index contributed by atoms with van der Waals surface area (Å²) in [5, 5.41) is 6.53. The van der Waals surface area contributed by atoms with Gasteiger partial charge in [-0.15, -0.1) is 0 Å². The molecular weight excluding hydrogens is 347 g/mol. The van der Waals surface area contributed by atoms with Crippen LogP contribution >= 0.6 is 34.8 Å². The van der Waals surface area contributed by atoms with Crippen LogP contribution in [0.5, 0.6) is 5.75 Å². The summed E-state index contributed by atoms with van der Waals surface area (Å²) in [7, 11) is 0. The summed E-state index contributed by atoms with van der Waals surface area (Å²) in [5.74, 6) is 0.591. The Morgan fingerprint density at radius 3 is 2.23 bits per heavy atom. The third-order valence-corrected chi connectivity index (χ3v) is 3.54. The molecule has 2 N–H and O–H groups in total. The summed E-state index contributed by atoms with van der Waals surface area (Å²) < 4.78 is 5.54. The van der Waals surface area contributed by atoms with Gasteiger partial charge in [0.15, 0.2) is 6.23 Å². The Morgan fingerprint density at radius 1 is 1.05 bits per heavy atom. The Kier molecular flexibility index (Phi) is 5.77. The van der Waals surface area contributed by atoms with Crippen molar-refractivity contribution in [3.63, 3.8) is 0 Å². The molecule has 0 aliphatic rings. The number of halogens is 3. The molecule has 1 atom stereocenters. The monoisotopic (exact) mass is 358 g/mol. The van der Waals surface area contributed by atoms with Crippen molar-refractivity contribution >= 4 is 46.5 Å². The molecule has 0 bridgehead atoms. The summed E-state index contributed by atoms with van der Waals surface area (Å²) >= 11 is 17.8. The van der Waals surface area contributed by atoms with Crippen LogP contribution in [-0.4, -0.2) is 12.3 Å². The number of amides is 2. The first-order valence-corrected chi connectivity index (χ1v) is 7.53. The number of para-hydroxylation sites is 1. The summed E-state index contributed by atoms with van der Waals surface area (Å²) in [6.07, 6.45) is -0.553. The number of hydrogen-bond acceptors (Lipinski definition) is 2. The van der Waals surface area contributed by atoms with E-state index >= 15 is 0 Å². The van der Waals surface area contributed by atoms with Crippen molar-refractivity contribution in [3.8, 4) is 5.75 Å². The van der Waals surface area contributed by atoms with Crippen LogP contribution in [-0.2, 0) is 0 Å². The van der Waals surface area contributed by atoms with Gasteiger partial charge >= 0.3 is 6.03 Å². The lowest BCUT2D eigenvalue weighted by atomic mass is 10.3. The van der Waals surface area contributed by atoms with Gasteiger partial charge in [0, 0.05) is 5.02 Å². The summed E-state index contributed by atoms with van der Waals surface area (Å²) in [6.45, 7) is 1.70. The molecule has 2 amide bonds. The van der Waals surface area contributed by atoms with Gasteiger partial charge in [0.1, 0.15) is 5.75 Å². The fourth-order valence-corrected chi connectivity index (χ4v) is 2.32. The molecule has 4 nitrogen and oxygen atoms in total.